The number of halogens is 1. The number of imidazole rings is 1. The molecule has 0 saturated carbocycles. The largest absolute Gasteiger partial charge is 0.341 e. The number of nitrogens with zero attached hydrogens (tertiary/aromatic N) is 3. The first-order chi connectivity index (χ1) is 10.6. The van der Waals surface area contributed by atoms with Gasteiger partial charge in [0.2, 0.25) is 0 Å². The fourth-order valence-corrected chi connectivity index (χ4v) is 3.61. The number of benzene rings is 1. The number of nitrogens with one attached hydrogen (secondary N) is 1. The first-order valence-electron chi connectivity index (χ1n) is 6.72. The molecule has 6 heteroatoms. The number of hydrogen-bond donors (Lipinski definition) is 1. The van der Waals surface area contributed by atoms with Gasteiger partial charge in [0.15, 0.2) is 0 Å². The molecule has 0 aliphatic heterocycles. The predicted octanol–water partition coefficient (Wildman–Crippen LogP) is 4.50. The summed E-state index contributed by atoms with van der Waals surface area (Å²) in [6.45, 7) is 3.88. The first-order valence-corrected chi connectivity index (χ1v) is 8.50. The zero-order chi connectivity index (χ0) is 15.7. The summed E-state index contributed by atoms with van der Waals surface area (Å²) >= 11 is 4.99. The van der Waals surface area contributed by atoms with Crippen molar-refractivity contribution in [3.63, 3.8) is 0 Å². The Balaban J connectivity index is 1.86. The molecule has 22 heavy (non-hydrogen) atoms. The van der Waals surface area contributed by atoms with Gasteiger partial charge in [-0.05, 0) is 43.7 Å². The third-order valence-electron chi connectivity index (χ3n) is 3.26. The Labute approximate surface area is 141 Å². The SMILES string of the molecule is Cc1cc(C)c(C#N)c(SCc2nc3ccc(Br)cc3[nH]2)n1. The predicted molar refractivity (Wildman–Crippen MR) is 91.8 cm³/mol. The van der Waals surface area contributed by atoms with Gasteiger partial charge in [-0.25, -0.2) is 9.97 Å². The highest BCUT2D eigenvalue weighted by molar-refractivity contribution is 9.10. The van der Waals surface area contributed by atoms with Gasteiger partial charge in [0.1, 0.15) is 16.9 Å². The zero-order valence-corrected chi connectivity index (χ0v) is 14.5. The van der Waals surface area contributed by atoms with Crippen LogP contribution >= 0.6 is 27.7 Å². The second-order valence-electron chi connectivity index (χ2n) is 5.01. The Hall–Kier alpha value is -1.84. The van der Waals surface area contributed by atoms with E-state index in [0.717, 1.165) is 37.6 Å². The average molecular weight is 373 g/mol. The van der Waals surface area contributed by atoms with Crippen molar-refractivity contribution in [1.82, 2.24) is 15.0 Å². The second kappa shape index (κ2) is 6.11. The fourth-order valence-electron chi connectivity index (χ4n) is 2.28. The van der Waals surface area contributed by atoms with Crippen LogP contribution in [0.5, 0.6) is 0 Å². The van der Waals surface area contributed by atoms with Crippen LogP contribution in [0.1, 0.15) is 22.6 Å². The van der Waals surface area contributed by atoms with Crippen LogP contribution in [-0.4, -0.2) is 15.0 Å². The van der Waals surface area contributed by atoms with Gasteiger partial charge in [0, 0.05) is 10.2 Å². The van der Waals surface area contributed by atoms with Crippen LogP contribution in [-0.2, 0) is 5.75 Å². The lowest BCUT2D eigenvalue weighted by molar-refractivity contribution is 1.02. The normalized spacial score (nSPS) is 10.8. The minimum atomic E-state index is 0.648. The summed E-state index contributed by atoms with van der Waals surface area (Å²) in [5, 5.41) is 10.1. The Morgan fingerprint density at radius 2 is 2.09 bits per heavy atom. The Bertz CT molecular complexity index is 895. The molecule has 0 bridgehead atoms. The quantitative estimate of drug-likeness (QED) is 0.687. The smallest absolute Gasteiger partial charge is 0.117 e. The summed E-state index contributed by atoms with van der Waals surface area (Å²) in [7, 11) is 0. The first kappa shape index (κ1) is 15.1. The van der Waals surface area contributed by atoms with Crippen LogP contribution in [0, 0.1) is 25.2 Å². The summed E-state index contributed by atoms with van der Waals surface area (Å²) in [4.78, 5) is 12.3. The molecule has 1 aromatic carbocycles. The molecule has 0 amide bonds. The van der Waals surface area contributed by atoms with Crippen molar-refractivity contribution in [2.75, 3.05) is 0 Å². The lowest BCUT2D eigenvalue weighted by Gasteiger charge is -2.06. The van der Waals surface area contributed by atoms with Gasteiger partial charge in [0.05, 0.1) is 22.3 Å². The number of hydrogen-bond acceptors (Lipinski definition) is 4. The van der Waals surface area contributed by atoms with Crippen molar-refractivity contribution >= 4 is 38.7 Å². The molecule has 4 nitrogen and oxygen atoms in total. The van der Waals surface area contributed by atoms with Crippen molar-refractivity contribution in [2.45, 2.75) is 24.6 Å². The van der Waals surface area contributed by atoms with Crippen LogP contribution < -0.4 is 0 Å². The number of thioether (sulfide) groups is 1. The van der Waals surface area contributed by atoms with E-state index in [-0.39, 0.29) is 0 Å². The molecule has 0 spiro atoms. The van der Waals surface area contributed by atoms with Gasteiger partial charge in [-0.2, -0.15) is 5.26 Å². The minimum absolute atomic E-state index is 0.648. The van der Waals surface area contributed by atoms with Gasteiger partial charge in [-0.15, -0.1) is 0 Å². The molecule has 0 unspecified atom stereocenters. The van der Waals surface area contributed by atoms with Crippen LogP contribution in [0.4, 0.5) is 0 Å². The van der Waals surface area contributed by atoms with Gasteiger partial charge < -0.3 is 4.98 Å². The van der Waals surface area contributed by atoms with Crippen molar-refractivity contribution in [3.8, 4) is 6.07 Å². The Morgan fingerprint density at radius 1 is 1.27 bits per heavy atom. The highest BCUT2D eigenvalue weighted by atomic mass is 79.9. The van der Waals surface area contributed by atoms with Gasteiger partial charge in [-0.3, -0.25) is 0 Å². The molecule has 110 valence electrons. The number of nitriles is 1. The van der Waals surface area contributed by atoms with E-state index in [1.54, 1.807) is 0 Å². The molecule has 3 aromatic rings. The van der Waals surface area contributed by atoms with Crippen molar-refractivity contribution < 1.29 is 0 Å². The van der Waals surface area contributed by atoms with Gasteiger partial charge in [0.25, 0.3) is 0 Å². The minimum Gasteiger partial charge on any atom is -0.341 e. The maximum atomic E-state index is 9.30. The van der Waals surface area contributed by atoms with Gasteiger partial charge >= 0.3 is 0 Å². The molecule has 2 heterocycles. The molecule has 0 radical (unpaired) electrons. The molecule has 0 atom stereocenters. The third-order valence-corrected chi connectivity index (χ3v) is 4.74. The number of aromatic nitrogens is 3. The number of pyridine rings is 1. The molecule has 0 saturated heterocycles. The highest BCUT2D eigenvalue weighted by Gasteiger charge is 2.11. The molecular weight excluding hydrogens is 360 g/mol. The highest BCUT2D eigenvalue weighted by Crippen LogP contribution is 2.27. The molecule has 3 rings (SSSR count). The van der Waals surface area contributed by atoms with E-state index in [2.05, 4.69) is 37.0 Å². The summed E-state index contributed by atoms with van der Waals surface area (Å²) in [5.41, 5.74) is 4.47. The number of fused-ring (bicyclic) bond motifs is 1. The van der Waals surface area contributed by atoms with E-state index >= 15 is 0 Å². The van der Waals surface area contributed by atoms with Crippen LogP contribution in [0.15, 0.2) is 33.8 Å². The average Bonchev–Trinajstić information content (AvgIpc) is 2.86. The van der Waals surface area contributed by atoms with E-state index in [1.165, 1.54) is 11.8 Å². The van der Waals surface area contributed by atoms with E-state index in [1.807, 2.05) is 38.1 Å². The maximum Gasteiger partial charge on any atom is 0.117 e. The molecule has 0 aliphatic rings. The second-order valence-corrected chi connectivity index (χ2v) is 6.89. The molecule has 0 aliphatic carbocycles. The lowest BCUT2D eigenvalue weighted by Crippen LogP contribution is -1.95. The molecular formula is C16H13BrN4S. The standard InChI is InChI=1S/C16H13BrN4S/c1-9-5-10(2)19-16(12(9)7-18)22-8-15-20-13-4-3-11(17)6-14(13)21-15/h3-6H,8H2,1-2H3,(H,20,21). The topological polar surface area (TPSA) is 65.4 Å². The fraction of sp³-hybridized carbons (Fsp3) is 0.188. The Morgan fingerprint density at radius 3 is 2.86 bits per heavy atom. The van der Waals surface area contributed by atoms with Crippen LogP contribution in [0.2, 0.25) is 0 Å². The van der Waals surface area contributed by atoms with E-state index < -0.39 is 0 Å². The molecule has 0 fully saturated rings. The van der Waals surface area contributed by atoms with E-state index in [4.69, 9.17) is 0 Å². The number of aromatic amines is 1. The molecule has 2 aromatic heterocycles. The summed E-state index contributed by atoms with van der Waals surface area (Å²) in [5.74, 6) is 1.53. The van der Waals surface area contributed by atoms with E-state index in [0.29, 0.717) is 11.3 Å². The van der Waals surface area contributed by atoms with Crippen molar-refractivity contribution in [2.24, 2.45) is 0 Å². The summed E-state index contributed by atoms with van der Waals surface area (Å²) < 4.78 is 1.02. The summed E-state index contributed by atoms with van der Waals surface area (Å²) in [6, 6.07) is 10.1. The number of aryl methyl sites for hydroxylation is 2. The summed E-state index contributed by atoms with van der Waals surface area (Å²) in [6.07, 6.45) is 0. The van der Waals surface area contributed by atoms with Crippen LogP contribution in [0.3, 0.4) is 0 Å². The molecule has 1 N–H and O–H groups in total. The monoisotopic (exact) mass is 372 g/mol. The Kier molecular flexibility index (Phi) is 4.19. The van der Waals surface area contributed by atoms with Crippen LogP contribution in [0.25, 0.3) is 11.0 Å². The van der Waals surface area contributed by atoms with Crippen molar-refractivity contribution in [1.29, 1.82) is 5.26 Å². The van der Waals surface area contributed by atoms with Gasteiger partial charge in [-0.1, -0.05) is 27.7 Å². The number of rotatable bonds is 3. The zero-order valence-electron chi connectivity index (χ0n) is 12.1. The maximum absolute atomic E-state index is 9.30. The van der Waals surface area contributed by atoms with E-state index in [9.17, 15) is 5.26 Å². The van der Waals surface area contributed by atoms with Crippen molar-refractivity contribution in [3.05, 3.63) is 51.4 Å². The third kappa shape index (κ3) is 3.01. The number of H-pyrrole nitrogens is 1. The lowest BCUT2D eigenvalue weighted by atomic mass is 10.1.